The molecule has 3 rings (SSSR count). The predicted octanol–water partition coefficient (Wildman–Crippen LogP) is 3.69. The normalized spacial score (nSPS) is 14.2. The summed E-state index contributed by atoms with van der Waals surface area (Å²) in [6, 6.07) is 14.8. The predicted molar refractivity (Wildman–Crippen MR) is 98.6 cm³/mol. The van der Waals surface area contributed by atoms with Gasteiger partial charge in [-0.2, -0.15) is 0 Å². The van der Waals surface area contributed by atoms with E-state index in [9.17, 15) is 9.59 Å². The van der Waals surface area contributed by atoms with Gasteiger partial charge in [-0.3, -0.25) is 9.59 Å². The molecule has 0 radical (unpaired) electrons. The average molecular weight is 353 g/mol. The molecule has 136 valence electrons. The van der Waals surface area contributed by atoms with Crippen LogP contribution in [-0.4, -0.2) is 24.9 Å². The van der Waals surface area contributed by atoms with Crippen molar-refractivity contribution in [3.05, 3.63) is 59.7 Å². The van der Waals surface area contributed by atoms with Crippen LogP contribution in [0, 0.1) is 0 Å². The highest BCUT2D eigenvalue weighted by molar-refractivity contribution is 5.98. The van der Waals surface area contributed by atoms with E-state index in [1.807, 2.05) is 37.3 Å². The molecule has 0 spiro atoms. The van der Waals surface area contributed by atoms with Gasteiger partial charge in [-0.05, 0) is 30.7 Å². The molecular formula is C21H23NO4. The van der Waals surface area contributed by atoms with E-state index >= 15 is 0 Å². The summed E-state index contributed by atoms with van der Waals surface area (Å²) in [5.41, 5.74) is 1.58. The Bertz CT molecular complexity index is 773. The second-order valence-corrected chi connectivity index (χ2v) is 6.34. The molecule has 0 aliphatic carbocycles. The van der Waals surface area contributed by atoms with Gasteiger partial charge in [0.05, 0.1) is 19.3 Å². The Morgan fingerprint density at radius 1 is 1.00 bits per heavy atom. The fraction of sp³-hybridized carbons (Fsp3) is 0.333. The molecule has 26 heavy (non-hydrogen) atoms. The molecule has 0 bridgehead atoms. The second-order valence-electron chi connectivity index (χ2n) is 6.34. The minimum absolute atomic E-state index is 0.0804. The van der Waals surface area contributed by atoms with Gasteiger partial charge in [0.2, 0.25) is 5.91 Å². The molecule has 0 fully saturated rings. The van der Waals surface area contributed by atoms with E-state index < -0.39 is 0 Å². The number of amides is 1. The number of fused-ring (bicyclic) bond motifs is 1. The number of ketones is 1. The lowest BCUT2D eigenvalue weighted by Crippen LogP contribution is -2.26. The van der Waals surface area contributed by atoms with E-state index in [1.165, 1.54) is 0 Å². The molecular weight excluding hydrogens is 330 g/mol. The summed E-state index contributed by atoms with van der Waals surface area (Å²) in [6.07, 6.45) is 1.13. The van der Waals surface area contributed by atoms with Crippen molar-refractivity contribution in [2.24, 2.45) is 0 Å². The van der Waals surface area contributed by atoms with Crippen molar-refractivity contribution in [2.75, 3.05) is 13.2 Å². The Morgan fingerprint density at radius 2 is 1.73 bits per heavy atom. The first kappa shape index (κ1) is 18.0. The number of hydrogen-bond donors (Lipinski definition) is 1. The summed E-state index contributed by atoms with van der Waals surface area (Å²) in [7, 11) is 0. The quantitative estimate of drug-likeness (QED) is 0.805. The van der Waals surface area contributed by atoms with Crippen LogP contribution >= 0.6 is 0 Å². The van der Waals surface area contributed by atoms with Crippen LogP contribution in [0.2, 0.25) is 0 Å². The molecule has 2 aromatic rings. The third kappa shape index (κ3) is 4.63. The van der Waals surface area contributed by atoms with Gasteiger partial charge in [-0.15, -0.1) is 0 Å². The lowest BCUT2D eigenvalue weighted by molar-refractivity contribution is -0.121. The molecule has 1 unspecified atom stereocenters. The monoisotopic (exact) mass is 353 g/mol. The highest BCUT2D eigenvalue weighted by Crippen LogP contribution is 2.30. The van der Waals surface area contributed by atoms with Crippen molar-refractivity contribution < 1.29 is 19.1 Å². The zero-order chi connectivity index (χ0) is 18.4. The van der Waals surface area contributed by atoms with Gasteiger partial charge in [-0.25, -0.2) is 0 Å². The van der Waals surface area contributed by atoms with Crippen molar-refractivity contribution >= 4 is 11.7 Å². The number of benzene rings is 2. The maximum atomic E-state index is 12.4. The summed E-state index contributed by atoms with van der Waals surface area (Å²) in [5.74, 6) is 1.04. The first-order valence-electron chi connectivity index (χ1n) is 8.90. The molecule has 5 nitrogen and oxygen atoms in total. The molecule has 0 aromatic heterocycles. The SMILES string of the molecule is CC(NC(=O)CCC(=O)c1ccc2c(c1)OCCCO2)c1ccccc1. The third-order valence-corrected chi connectivity index (χ3v) is 4.33. The smallest absolute Gasteiger partial charge is 0.220 e. The van der Waals surface area contributed by atoms with Crippen LogP contribution in [0.25, 0.3) is 0 Å². The van der Waals surface area contributed by atoms with Gasteiger partial charge in [0.1, 0.15) is 0 Å². The summed E-state index contributed by atoms with van der Waals surface area (Å²) in [4.78, 5) is 24.5. The van der Waals surface area contributed by atoms with Crippen LogP contribution in [0.3, 0.4) is 0 Å². The highest BCUT2D eigenvalue weighted by Gasteiger charge is 2.16. The van der Waals surface area contributed by atoms with Crippen LogP contribution in [0.1, 0.15) is 48.1 Å². The van der Waals surface area contributed by atoms with E-state index in [4.69, 9.17) is 9.47 Å². The minimum Gasteiger partial charge on any atom is -0.490 e. The van der Waals surface area contributed by atoms with E-state index in [0.29, 0.717) is 30.3 Å². The topological polar surface area (TPSA) is 64.6 Å². The zero-order valence-corrected chi connectivity index (χ0v) is 14.9. The van der Waals surface area contributed by atoms with Gasteiger partial charge in [0, 0.05) is 24.8 Å². The Kier molecular flexibility index (Phi) is 5.89. The van der Waals surface area contributed by atoms with Gasteiger partial charge in [0.15, 0.2) is 17.3 Å². The summed E-state index contributed by atoms with van der Waals surface area (Å²) < 4.78 is 11.2. The number of carbonyl (C=O) groups is 2. The van der Waals surface area contributed by atoms with E-state index in [1.54, 1.807) is 18.2 Å². The van der Waals surface area contributed by atoms with E-state index in [-0.39, 0.29) is 30.6 Å². The highest BCUT2D eigenvalue weighted by atomic mass is 16.5. The Morgan fingerprint density at radius 3 is 2.50 bits per heavy atom. The fourth-order valence-electron chi connectivity index (χ4n) is 2.85. The average Bonchev–Trinajstić information content (AvgIpc) is 2.91. The van der Waals surface area contributed by atoms with Gasteiger partial charge in [-0.1, -0.05) is 30.3 Å². The van der Waals surface area contributed by atoms with Gasteiger partial charge in [0.25, 0.3) is 0 Å². The van der Waals surface area contributed by atoms with Crippen LogP contribution < -0.4 is 14.8 Å². The number of carbonyl (C=O) groups excluding carboxylic acids is 2. The van der Waals surface area contributed by atoms with Crippen LogP contribution in [0.4, 0.5) is 0 Å². The third-order valence-electron chi connectivity index (χ3n) is 4.33. The van der Waals surface area contributed by atoms with Crippen molar-refractivity contribution in [1.82, 2.24) is 5.32 Å². The number of ether oxygens (including phenoxy) is 2. The summed E-state index contributed by atoms with van der Waals surface area (Å²) in [5, 5.41) is 2.93. The zero-order valence-electron chi connectivity index (χ0n) is 14.9. The molecule has 1 amide bonds. The van der Waals surface area contributed by atoms with Crippen molar-refractivity contribution in [1.29, 1.82) is 0 Å². The number of rotatable bonds is 6. The molecule has 0 saturated carbocycles. The van der Waals surface area contributed by atoms with Crippen molar-refractivity contribution in [3.8, 4) is 11.5 Å². The lowest BCUT2D eigenvalue weighted by atomic mass is 10.0. The van der Waals surface area contributed by atoms with Crippen molar-refractivity contribution in [2.45, 2.75) is 32.2 Å². The minimum atomic E-state index is -0.135. The summed E-state index contributed by atoms with van der Waals surface area (Å²) >= 11 is 0. The fourth-order valence-corrected chi connectivity index (χ4v) is 2.85. The van der Waals surface area contributed by atoms with Gasteiger partial charge < -0.3 is 14.8 Å². The molecule has 2 aromatic carbocycles. The molecule has 1 aliphatic rings. The Hall–Kier alpha value is -2.82. The number of hydrogen-bond acceptors (Lipinski definition) is 4. The van der Waals surface area contributed by atoms with E-state index in [0.717, 1.165) is 12.0 Å². The molecule has 1 atom stereocenters. The summed E-state index contributed by atoms with van der Waals surface area (Å²) in [6.45, 7) is 3.11. The lowest BCUT2D eigenvalue weighted by Gasteiger charge is -2.14. The van der Waals surface area contributed by atoms with E-state index in [2.05, 4.69) is 5.32 Å². The first-order valence-corrected chi connectivity index (χ1v) is 8.90. The molecule has 1 N–H and O–H groups in total. The Balaban J connectivity index is 1.53. The van der Waals surface area contributed by atoms with Gasteiger partial charge >= 0.3 is 0 Å². The van der Waals surface area contributed by atoms with Crippen LogP contribution in [-0.2, 0) is 4.79 Å². The second kappa shape index (κ2) is 8.52. The molecule has 1 aliphatic heterocycles. The largest absolute Gasteiger partial charge is 0.490 e. The maximum Gasteiger partial charge on any atom is 0.220 e. The number of Topliss-reactive ketones (excluding diaryl/α,β-unsaturated/α-hetero) is 1. The van der Waals surface area contributed by atoms with Crippen LogP contribution in [0.5, 0.6) is 11.5 Å². The first-order chi connectivity index (χ1) is 12.6. The standard InChI is InChI=1S/C21H23NO4/c1-15(16-6-3-2-4-7-16)22-21(24)11-9-18(23)17-8-10-19-20(14-17)26-13-5-12-25-19/h2-4,6-8,10,14-15H,5,9,11-13H2,1H3,(H,22,24). The van der Waals surface area contributed by atoms with Crippen LogP contribution in [0.15, 0.2) is 48.5 Å². The maximum absolute atomic E-state index is 12.4. The van der Waals surface area contributed by atoms with Crippen molar-refractivity contribution in [3.63, 3.8) is 0 Å². The number of nitrogens with one attached hydrogen (secondary N) is 1. The molecule has 0 saturated heterocycles. The Labute approximate surface area is 153 Å². The molecule has 5 heteroatoms. The molecule has 1 heterocycles.